The molecule has 0 aromatic carbocycles. The molecule has 0 saturated heterocycles. The Morgan fingerprint density at radius 2 is 1.83 bits per heavy atom. The van der Waals surface area contributed by atoms with E-state index in [1.807, 2.05) is 7.05 Å². The lowest BCUT2D eigenvalue weighted by Gasteiger charge is -2.37. The molecule has 0 aliphatic heterocycles. The molecular weight excluding hydrogens is 242 g/mol. The number of hydrogen-bond acceptors (Lipinski definition) is 2. The van der Waals surface area contributed by atoms with Crippen LogP contribution in [0.3, 0.4) is 0 Å². The molecule has 2 rings (SSSR count). The van der Waals surface area contributed by atoms with Crippen LogP contribution in [0.5, 0.6) is 0 Å². The van der Waals surface area contributed by atoms with Crippen LogP contribution in [0, 0.1) is 5.92 Å². The lowest BCUT2D eigenvalue weighted by atomic mass is 9.84. The molecule has 0 bridgehead atoms. The van der Waals surface area contributed by atoms with Crippen molar-refractivity contribution in [3.63, 3.8) is 0 Å². The second-order valence-corrected chi connectivity index (χ2v) is 8.04. The first kappa shape index (κ1) is 14.5. The van der Waals surface area contributed by atoms with Gasteiger partial charge in [-0.1, -0.05) is 32.6 Å². The molecule has 106 valence electrons. The molecule has 2 saturated carbocycles. The number of nitrogens with one attached hydrogen (secondary N) is 1. The predicted molar refractivity (Wildman–Crippen MR) is 79.3 cm³/mol. The Labute approximate surface area is 115 Å². The highest BCUT2D eigenvalue weighted by molar-refractivity contribution is 7.86. The molecule has 0 heterocycles. The topological polar surface area (TPSA) is 29.1 Å². The normalized spacial score (nSPS) is 36.4. The highest BCUT2D eigenvalue weighted by Crippen LogP contribution is 2.33. The second kappa shape index (κ2) is 7.04. The Balaban J connectivity index is 1.99. The maximum Gasteiger partial charge on any atom is 0.0506 e. The molecule has 18 heavy (non-hydrogen) atoms. The van der Waals surface area contributed by atoms with E-state index in [9.17, 15) is 4.21 Å². The van der Waals surface area contributed by atoms with Crippen molar-refractivity contribution in [2.45, 2.75) is 81.3 Å². The molecule has 2 nitrogen and oxygen atoms in total. The van der Waals surface area contributed by atoms with Gasteiger partial charge in [-0.15, -0.1) is 0 Å². The van der Waals surface area contributed by atoms with Crippen LogP contribution in [-0.4, -0.2) is 27.8 Å². The smallest absolute Gasteiger partial charge is 0.0506 e. The zero-order valence-electron chi connectivity index (χ0n) is 12.0. The summed E-state index contributed by atoms with van der Waals surface area (Å²) in [4.78, 5) is 0. The molecule has 1 N–H and O–H groups in total. The van der Waals surface area contributed by atoms with Crippen molar-refractivity contribution >= 4 is 10.8 Å². The van der Waals surface area contributed by atoms with E-state index in [1.165, 1.54) is 57.8 Å². The molecule has 0 aromatic rings. The predicted octanol–water partition coefficient (Wildman–Crippen LogP) is 3.23. The summed E-state index contributed by atoms with van der Waals surface area (Å²) in [5.74, 6) is 0.812. The van der Waals surface area contributed by atoms with Crippen LogP contribution in [0.1, 0.15) is 64.7 Å². The van der Waals surface area contributed by atoms with Crippen molar-refractivity contribution in [2.24, 2.45) is 5.92 Å². The van der Waals surface area contributed by atoms with Gasteiger partial charge in [-0.3, -0.25) is 4.21 Å². The van der Waals surface area contributed by atoms with Gasteiger partial charge in [0, 0.05) is 22.1 Å². The standard InChI is InChI=1S/C15H29NOS/c1-3-12-9-10-14(16-2)15(11-12)18(17)13-7-5-4-6-8-13/h12-16H,3-11H2,1-2H3. The zero-order valence-corrected chi connectivity index (χ0v) is 12.8. The molecule has 0 amide bonds. The third-order valence-corrected chi connectivity index (χ3v) is 7.27. The second-order valence-electron chi connectivity index (χ2n) is 6.11. The molecule has 4 atom stereocenters. The minimum atomic E-state index is -0.608. The summed E-state index contributed by atoms with van der Waals surface area (Å²) in [5.41, 5.74) is 0. The Bertz CT molecular complexity index is 276. The Hall–Kier alpha value is 0.110. The van der Waals surface area contributed by atoms with E-state index in [0.29, 0.717) is 16.5 Å². The lowest BCUT2D eigenvalue weighted by molar-refractivity contribution is 0.299. The van der Waals surface area contributed by atoms with Crippen molar-refractivity contribution in [2.75, 3.05) is 7.05 Å². The first-order chi connectivity index (χ1) is 8.76. The Morgan fingerprint density at radius 3 is 2.44 bits per heavy atom. The van der Waals surface area contributed by atoms with Crippen molar-refractivity contribution in [3.05, 3.63) is 0 Å². The number of hydrogen-bond donors (Lipinski definition) is 1. The zero-order chi connectivity index (χ0) is 13.0. The first-order valence-electron chi connectivity index (χ1n) is 7.82. The third kappa shape index (κ3) is 3.36. The van der Waals surface area contributed by atoms with E-state index in [-0.39, 0.29) is 0 Å². The van der Waals surface area contributed by atoms with Gasteiger partial charge < -0.3 is 5.32 Å². The summed E-state index contributed by atoms with van der Waals surface area (Å²) in [6.07, 6.45) is 11.3. The highest BCUT2D eigenvalue weighted by atomic mass is 32.2. The maximum atomic E-state index is 12.9. The summed E-state index contributed by atoms with van der Waals surface area (Å²) < 4.78 is 12.9. The van der Waals surface area contributed by atoms with Gasteiger partial charge in [0.1, 0.15) is 0 Å². The van der Waals surface area contributed by atoms with Gasteiger partial charge in [0.2, 0.25) is 0 Å². The molecule has 2 aliphatic rings. The van der Waals surface area contributed by atoms with Gasteiger partial charge in [-0.05, 0) is 45.1 Å². The van der Waals surface area contributed by atoms with Crippen LogP contribution in [0.25, 0.3) is 0 Å². The Kier molecular flexibility index (Phi) is 5.68. The van der Waals surface area contributed by atoms with E-state index in [4.69, 9.17) is 0 Å². The largest absolute Gasteiger partial charge is 0.316 e. The van der Waals surface area contributed by atoms with Crippen molar-refractivity contribution < 1.29 is 4.21 Å². The van der Waals surface area contributed by atoms with E-state index in [0.717, 1.165) is 5.92 Å². The average Bonchev–Trinajstić information content (AvgIpc) is 2.46. The van der Waals surface area contributed by atoms with Crippen LogP contribution in [0.15, 0.2) is 0 Å². The number of rotatable bonds is 4. The first-order valence-corrected chi connectivity index (χ1v) is 9.10. The quantitative estimate of drug-likeness (QED) is 0.850. The fraction of sp³-hybridized carbons (Fsp3) is 1.00. The third-order valence-electron chi connectivity index (χ3n) is 5.03. The van der Waals surface area contributed by atoms with Crippen molar-refractivity contribution in [1.82, 2.24) is 5.32 Å². The molecular formula is C15H29NOS. The maximum absolute atomic E-state index is 12.9. The lowest BCUT2D eigenvalue weighted by Crippen LogP contribution is -2.47. The van der Waals surface area contributed by atoms with E-state index in [2.05, 4.69) is 12.2 Å². The van der Waals surface area contributed by atoms with Crippen molar-refractivity contribution in [3.8, 4) is 0 Å². The van der Waals surface area contributed by atoms with E-state index >= 15 is 0 Å². The molecule has 0 aromatic heterocycles. The van der Waals surface area contributed by atoms with Gasteiger partial charge in [0.25, 0.3) is 0 Å². The highest BCUT2D eigenvalue weighted by Gasteiger charge is 2.36. The molecule has 3 heteroatoms. The summed E-state index contributed by atoms with van der Waals surface area (Å²) in [6, 6.07) is 0.496. The van der Waals surface area contributed by atoms with Crippen LogP contribution < -0.4 is 5.32 Å². The minimum absolute atomic E-state index is 0.414. The van der Waals surface area contributed by atoms with Crippen LogP contribution in [0.4, 0.5) is 0 Å². The van der Waals surface area contributed by atoms with Crippen LogP contribution in [-0.2, 0) is 10.8 Å². The molecule has 0 radical (unpaired) electrons. The molecule has 2 fully saturated rings. The molecule has 4 unspecified atom stereocenters. The van der Waals surface area contributed by atoms with Gasteiger partial charge in [0.15, 0.2) is 0 Å². The Morgan fingerprint density at radius 1 is 1.11 bits per heavy atom. The fourth-order valence-electron chi connectivity index (χ4n) is 3.71. The van der Waals surface area contributed by atoms with E-state index < -0.39 is 10.8 Å². The minimum Gasteiger partial charge on any atom is -0.316 e. The van der Waals surface area contributed by atoms with Crippen LogP contribution >= 0.6 is 0 Å². The molecule has 2 aliphatic carbocycles. The van der Waals surface area contributed by atoms with Gasteiger partial charge in [-0.2, -0.15) is 0 Å². The van der Waals surface area contributed by atoms with Crippen molar-refractivity contribution in [1.29, 1.82) is 0 Å². The summed E-state index contributed by atoms with van der Waals surface area (Å²) >= 11 is 0. The average molecular weight is 271 g/mol. The van der Waals surface area contributed by atoms with E-state index in [1.54, 1.807) is 0 Å². The van der Waals surface area contributed by atoms with Crippen LogP contribution in [0.2, 0.25) is 0 Å². The summed E-state index contributed by atoms with van der Waals surface area (Å²) in [5, 5.41) is 4.33. The van der Waals surface area contributed by atoms with Gasteiger partial charge in [0.05, 0.1) is 5.25 Å². The fourth-order valence-corrected chi connectivity index (χ4v) is 6.06. The molecule has 0 spiro atoms. The monoisotopic (exact) mass is 271 g/mol. The SMILES string of the molecule is CCC1CCC(NC)C(S(=O)C2CCCCC2)C1. The summed E-state index contributed by atoms with van der Waals surface area (Å²) in [6.45, 7) is 2.28. The van der Waals surface area contributed by atoms with Gasteiger partial charge in [-0.25, -0.2) is 0 Å². The van der Waals surface area contributed by atoms with Gasteiger partial charge >= 0.3 is 0 Å². The summed E-state index contributed by atoms with van der Waals surface area (Å²) in [7, 11) is 1.44.